The third kappa shape index (κ3) is 5.38. The molecule has 4 aliphatic heterocycles. The van der Waals surface area contributed by atoms with Gasteiger partial charge in [-0.15, -0.1) is 0 Å². The molecule has 0 aromatic carbocycles. The number of sulfone groups is 2. The van der Waals surface area contributed by atoms with Gasteiger partial charge in [0.2, 0.25) is 0 Å². The summed E-state index contributed by atoms with van der Waals surface area (Å²) in [4.78, 5) is 18.2. The van der Waals surface area contributed by atoms with E-state index in [-0.39, 0.29) is 10.8 Å². The first kappa shape index (κ1) is 21.1. The summed E-state index contributed by atoms with van der Waals surface area (Å²) in [6, 6.07) is 0. The molecular formula is C14H24N2O8S2. The largest absolute Gasteiger partial charge is 0.473 e. The monoisotopic (exact) mass is 412 g/mol. The van der Waals surface area contributed by atoms with Crippen LogP contribution in [0.2, 0.25) is 0 Å². The maximum atomic E-state index is 10.8. The summed E-state index contributed by atoms with van der Waals surface area (Å²) in [5.41, 5.74) is 0.303. The molecule has 4 aliphatic rings. The molecule has 0 aromatic rings. The minimum atomic E-state index is -2.61. The number of rotatable bonds is 0. The first-order valence-corrected chi connectivity index (χ1v) is 11.8. The SMILES string of the molecule is O=C(O)C(=O)O.O=S1(=O)CC2(CCNC2)C1.O=S1(=O)CC2(CCNC2)C1. The van der Waals surface area contributed by atoms with E-state index in [1.54, 1.807) is 0 Å². The van der Waals surface area contributed by atoms with Crippen molar-refractivity contribution in [2.45, 2.75) is 12.8 Å². The highest BCUT2D eigenvalue weighted by molar-refractivity contribution is 7.93. The minimum absolute atomic E-state index is 0.152. The van der Waals surface area contributed by atoms with E-state index >= 15 is 0 Å². The average Bonchev–Trinajstić information content (AvgIpc) is 3.07. The molecule has 2 spiro atoms. The molecule has 4 rings (SSSR count). The predicted molar refractivity (Wildman–Crippen MR) is 92.4 cm³/mol. The molecule has 150 valence electrons. The van der Waals surface area contributed by atoms with Crippen LogP contribution in [0.3, 0.4) is 0 Å². The summed E-state index contributed by atoms with van der Waals surface area (Å²) in [6.45, 7) is 3.81. The Morgan fingerprint density at radius 3 is 1.15 bits per heavy atom. The number of nitrogens with one attached hydrogen (secondary N) is 2. The number of hydrogen-bond acceptors (Lipinski definition) is 8. The van der Waals surface area contributed by atoms with Crippen molar-refractivity contribution in [2.24, 2.45) is 10.8 Å². The maximum absolute atomic E-state index is 10.8. The molecule has 4 N–H and O–H groups in total. The zero-order valence-electron chi connectivity index (χ0n) is 14.2. The second-order valence-electron chi connectivity index (χ2n) is 7.53. The summed E-state index contributed by atoms with van der Waals surface area (Å²) < 4.78 is 43.3. The number of carboxylic acids is 2. The third-order valence-corrected chi connectivity index (χ3v) is 9.16. The molecule has 12 heteroatoms. The molecule has 0 saturated carbocycles. The van der Waals surface area contributed by atoms with Crippen LogP contribution in [0.4, 0.5) is 0 Å². The van der Waals surface area contributed by atoms with Gasteiger partial charge in [-0.1, -0.05) is 0 Å². The summed E-state index contributed by atoms with van der Waals surface area (Å²) in [5, 5.41) is 21.2. The van der Waals surface area contributed by atoms with E-state index in [0.29, 0.717) is 23.0 Å². The smallest absolute Gasteiger partial charge is 0.414 e. The summed E-state index contributed by atoms with van der Waals surface area (Å²) in [5.74, 6) is -1.95. The second kappa shape index (κ2) is 7.41. The first-order valence-electron chi connectivity index (χ1n) is 8.17. The summed E-state index contributed by atoms with van der Waals surface area (Å²) in [7, 11) is -5.23. The predicted octanol–water partition coefficient (Wildman–Crippen LogP) is -2.06. The fourth-order valence-electron chi connectivity index (χ4n) is 3.87. The molecule has 26 heavy (non-hydrogen) atoms. The Morgan fingerprint density at radius 2 is 1.00 bits per heavy atom. The third-order valence-electron chi connectivity index (χ3n) is 4.95. The van der Waals surface area contributed by atoms with Gasteiger partial charge in [-0.05, 0) is 25.9 Å². The van der Waals surface area contributed by atoms with Crippen molar-refractivity contribution in [2.75, 3.05) is 49.2 Å². The molecule has 4 saturated heterocycles. The van der Waals surface area contributed by atoms with E-state index in [1.807, 2.05) is 0 Å². The zero-order valence-corrected chi connectivity index (χ0v) is 15.9. The lowest BCUT2D eigenvalue weighted by Gasteiger charge is -2.36. The van der Waals surface area contributed by atoms with Gasteiger partial charge in [-0.3, -0.25) is 0 Å². The maximum Gasteiger partial charge on any atom is 0.414 e. The summed E-state index contributed by atoms with van der Waals surface area (Å²) in [6.07, 6.45) is 2.10. The lowest BCUT2D eigenvalue weighted by Crippen LogP contribution is -2.49. The highest BCUT2D eigenvalue weighted by atomic mass is 32.2. The Labute approximate surface area is 152 Å². The van der Waals surface area contributed by atoms with Crippen molar-refractivity contribution in [3.05, 3.63) is 0 Å². The fraction of sp³-hybridized carbons (Fsp3) is 0.857. The molecule has 0 bridgehead atoms. The second-order valence-corrected chi connectivity index (χ2v) is 11.7. The van der Waals surface area contributed by atoms with Crippen LogP contribution >= 0.6 is 0 Å². The molecule has 4 heterocycles. The van der Waals surface area contributed by atoms with Gasteiger partial charge in [0.1, 0.15) is 0 Å². The average molecular weight is 412 g/mol. The Bertz CT molecular complexity index is 669. The van der Waals surface area contributed by atoms with Crippen LogP contribution in [0.25, 0.3) is 0 Å². The molecule has 0 amide bonds. The number of carboxylic acid groups (broad SMARTS) is 2. The van der Waals surface area contributed by atoms with Gasteiger partial charge >= 0.3 is 11.9 Å². The lowest BCUT2D eigenvalue weighted by molar-refractivity contribution is -0.159. The van der Waals surface area contributed by atoms with E-state index in [2.05, 4.69) is 10.6 Å². The molecule has 0 unspecified atom stereocenters. The Balaban J connectivity index is 0.000000146. The van der Waals surface area contributed by atoms with Crippen LogP contribution in [0.1, 0.15) is 12.8 Å². The van der Waals surface area contributed by atoms with Crippen LogP contribution in [-0.4, -0.2) is 88.2 Å². The Hall–Kier alpha value is -1.24. The van der Waals surface area contributed by atoms with Crippen LogP contribution < -0.4 is 10.6 Å². The van der Waals surface area contributed by atoms with Crippen LogP contribution in [0.5, 0.6) is 0 Å². The van der Waals surface area contributed by atoms with Crippen LogP contribution in [0.15, 0.2) is 0 Å². The topological polar surface area (TPSA) is 167 Å². The highest BCUT2D eigenvalue weighted by Crippen LogP contribution is 2.38. The number of carbonyl (C=O) groups is 2. The van der Waals surface area contributed by atoms with Gasteiger partial charge in [0.05, 0.1) is 23.0 Å². The Kier molecular flexibility index (Phi) is 6.00. The Morgan fingerprint density at radius 1 is 0.692 bits per heavy atom. The van der Waals surface area contributed by atoms with Gasteiger partial charge in [0.25, 0.3) is 0 Å². The molecule has 0 aromatic heterocycles. The molecule has 4 fully saturated rings. The zero-order chi connectivity index (χ0) is 19.6. The van der Waals surface area contributed by atoms with Crippen molar-refractivity contribution >= 4 is 31.6 Å². The van der Waals surface area contributed by atoms with Gasteiger partial charge in [-0.2, -0.15) is 0 Å². The van der Waals surface area contributed by atoms with E-state index < -0.39 is 31.6 Å². The van der Waals surface area contributed by atoms with E-state index in [1.165, 1.54) is 0 Å². The quantitative estimate of drug-likeness (QED) is 0.325. The minimum Gasteiger partial charge on any atom is -0.473 e. The molecule has 0 atom stereocenters. The molecular weight excluding hydrogens is 388 g/mol. The number of hydrogen-bond donors (Lipinski definition) is 4. The van der Waals surface area contributed by atoms with Gasteiger partial charge < -0.3 is 20.8 Å². The normalized spacial score (nSPS) is 27.8. The van der Waals surface area contributed by atoms with Crippen molar-refractivity contribution in [3.63, 3.8) is 0 Å². The van der Waals surface area contributed by atoms with Gasteiger partial charge in [0, 0.05) is 23.9 Å². The van der Waals surface area contributed by atoms with Crippen molar-refractivity contribution in [1.29, 1.82) is 0 Å². The summed E-state index contributed by atoms with van der Waals surface area (Å²) >= 11 is 0. The van der Waals surface area contributed by atoms with Crippen LogP contribution in [-0.2, 0) is 29.3 Å². The van der Waals surface area contributed by atoms with Crippen molar-refractivity contribution in [1.82, 2.24) is 10.6 Å². The van der Waals surface area contributed by atoms with E-state index in [9.17, 15) is 16.8 Å². The van der Waals surface area contributed by atoms with E-state index in [0.717, 1.165) is 39.0 Å². The molecule has 0 radical (unpaired) electrons. The van der Waals surface area contributed by atoms with Gasteiger partial charge in [0.15, 0.2) is 19.7 Å². The van der Waals surface area contributed by atoms with Crippen molar-refractivity contribution in [3.8, 4) is 0 Å². The van der Waals surface area contributed by atoms with Gasteiger partial charge in [-0.25, -0.2) is 26.4 Å². The number of aliphatic carboxylic acids is 2. The highest BCUT2D eigenvalue weighted by Gasteiger charge is 2.50. The van der Waals surface area contributed by atoms with E-state index in [4.69, 9.17) is 19.8 Å². The molecule has 0 aliphatic carbocycles. The van der Waals surface area contributed by atoms with Crippen LogP contribution in [0, 0.1) is 10.8 Å². The molecule has 10 nitrogen and oxygen atoms in total. The first-order chi connectivity index (χ1) is 11.9. The van der Waals surface area contributed by atoms with Crippen molar-refractivity contribution < 1.29 is 36.6 Å². The standard InChI is InChI=1S/2C6H11NO2S.C2H2O4/c2*8-10(9)4-6(5-10)1-2-7-3-6;3-1(4)2(5)6/h2*7H,1-5H2;(H,3,4)(H,5,6). The fourth-order valence-corrected chi connectivity index (χ4v) is 8.41. The lowest BCUT2D eigenvalue weighted by atomic mass is 9.91.